The summed E-state index contributed by atoms with van der Waals surface area (Å²) in [5.41, 5.74) is 4.80. The number of furan rings is 1. The molecule has 2 amide bonds. The number of hydrogen-bond acceptors (Lipinski definition) is 5. The van der Waals surface area contributed by atoms with Crippen LogP contribution in [0.15, 0.2) is 39.5 Å². The third-order valence-corrected chi connectivity index (χ3v) is 3.96. The molecular weight excluding hydrogens is 336 g/mol. The molecule has 3 rings (SSSR count). The van der Waals surface area contributed by atoms with Crippen molar-refractivity contribution in [3.05, 3.63) is 63.5 Å². The summed E-state index contributed by atoms with van der Waals surface area (Å²) in [4.78, 5) is 37.0. The van der Waals surface area contributed by atoms with Gasteiger partial charge in [0.2, 0.25) is 0 Å². The van der Waals surface area contributed by atoms with E-state index >= 15 is 0 Å². The molecule has 8 heteroatoms. The summed E-state index contributed by atoms with van der Waals surface area (Å²) in [6, 6.07) is 8.30. The van der Waals surface area contributed by atoms with Crippen LogP contribution in [-0.4, -0.2) is 21.6 Å². The van der Waals surface area contributed by atoms with Crippen molar-refractivity contribution in [2.45, 2.75) is 27.3 Å². The van der Waals surface area contributed by atoms with E-state index in [1.165, 1.54) is 4.68 Å². The Morgan fingerprint density at radius 3 is 2.38 bits per heavy atom. The number of aryl methyl sites for hydroxylation is 3. The Bertz CT molecular complexity index is 1060. The van der Waals surface area contributed by atoms with E-state index < -0.39 is 11.8 Å². The fourth-order valence-electron chi connectivity index (χ4n) is 2.71. The molecule has 134 valence electrons. The highest BCUT2D eigenvalue weighted by Crippen LogP contribution is 2.14. The van der Waals surface area contributed by atoms with Crippen LogP contribution < -0.4 is 16.4 Å². The molecule has 0 aliphatic carbocycles. The van der Waals surface area contributed by atoms with Crippen molar-refractivity contribution in [2.75, 3.05) is 0 Å². The zero-order valence-corrected chi connectivity index (χ0v) is 14.6. The van der Waals surface area contributed by atoms with E-state index in [-0.39, 0.29) is 11.3 Å². The van der Waals surface area contributed by atoms with Gasteiger partial charge >= 0.3 is 0 Å². The molecule has 1 aromatic carbocycles. The highest BCUT2D eigenvalue weighted by molar-refractivity contribution is 6.06. The van der Waals surface area contributed by atoms with Crippen molar-refractivity contribution in [1.29, 1.82) is 0 Å². The van der Waals surface area contributed by atoms with Crippen LogP contribution >= 0.6 is 0 Å². The van der Waals surface area contributed by atoms with Gasteiger partial charge in [-0.05, 0) is 32.9 Å². The number of fused-ring (bicyclic) bond motifs is 1. The highest BCUT2D eigenvalue weighted by Gasteiger charge is 2.18. The van der Waals surface area contributed by atoms with E-state index in [0.29, 0.717) is 34.4 Å². The first-order valence-electron chi connectivity index (χ1n) is 8.10. The van der Waals surface area contributed by atoms with Crippen molar-refractivity contribution >= 4 is 22.6 Å². The van der Waals surface area contributed by atoms with E-state index in [9.17, 15) is 14.4 Å². The van der Waals surface area contributed by atoms with Crippen LogP contribution in [0.2, 0.25) is 0 Å². The van der Waals surface area contributed by atoms with Gasteiger partial charge in [-0.25, -0.2) is 4.68 Å². The fraction of sp³-hybridized carbons (Fsp3) is 0.222. The third-order valence-electron chi connectivity index (χ3n) is 3.96. The first-order chi connectivity index (χ1) is 12.4. The number of nitrogens with one attached hydrogen (secondary N) is 2. The Hall–Kier alpha value is -3.42. The van der Waals surface area contributed by atoms with Gasteiger partial charge in [-0.1, -0.05) is 18.2 Å². The summed E-state index contributed by atoms with van der Waals surface area (Å²) in [5, 5.41) is 4.93. The van der Waals surface area contributed by atoms with Crippen LogP contribution in [0.4, 0.5) is 0 Å². The molecule has 0 bridgehead atoms. The topological polar surface area (TPSA) is 106 Å². The Labute approximate surface area is 148 Å². The molecule has 0 atom stereocenters. The van der Waals surface area contributed by atoms with Crippen molar-refractivity contribution in [3.63, 3.8) is 0 Å². The standard InChI is InChI=1S/C18H18N4O4/c1-4-22-18(25)13-8-6-5-7-12(13)15(21-22)17(24)20-19-16(23)14-9-10(2)26-11(14)3/h5-9H,4H2,1-3H3,(H,19,23)(H,20,24). The minimum absolute atomic E-state index is 0.0578. The number of amides is 2. The molecule has 0 fully saturated rings. The normalized spacial score (nSPS) is 10.7. The lowest BCUT2D eigenvalue weighted by Crippen LogP contribution is -2.42. The van der Waals surface area contributed by atoms with Crippen molar-refractivity contribution in [3.8, 4) is 0 Å². The Balaban J connectivity index is 1.88. The molecule has 0 spiro atoms. The minimum Gasteiger partial charge on any atom is -0.466 e. The maximum atomic E-state index is 12.5. The van der Waals surface area contributed by atoms with Crippen molar-refractivity contribution < 1.29 is 14.0 Å². The second-order valence-corrected chi connectivity index (χ2v) is 5.75. The maximum Gasteiger partial charge on any atom is 0.290 e. The number of aromatic nitrogens is 2. The van der Waals surface area contributed by atoms with Crippen molar-refractivity contribution in [2.24, 2.45) is 0 Å². The third kappa shape index (κ3) is 3.08. The van der Waals surface area contributed by atoms with Crippen LogP contribution in [0.3, 0.4) is 0 Å². The van der Waals surface area contributed by atoms with Gasteiger partial charge in [-0.2, -0.15) is 5.10 Å². The average molecular weight is 354 g/mol. The molecule has 0 saturated heterocycles. The summed E-state index contributed by atoms with van der Waals surface area (Å²) in [7, 11) is 0. The summed E-state index contributed by atoms with van der Waals surface area (Å²) in [5.74, 6) is -0.0607. The molecule has 0 radical (unpaired) electrons. The lowest BCUT2D eigenvalue weighted by molar-refractivity contribution is 0.0842. The van der Waals surface area contributed by atoms with Gasteiger partial charge < -0.3 is 4.42 Å². The molecule has 2 N–H and O–H groups in total. The van der Waals surface area contributed by atoms with E-state index in [0.717, 1.165) is 0 Å². The molecule has 0 aliphatic heterocycles. The predicted molar refractivity (Wildman–Crippen MR) is 94.8 cm³/mol. The number of rotatable bonds is 3. The molecule has 0 saturated carbocycles. The Kier molecular flexibility index (Phi) is 4.57. The molecule has 0 unspecified atom stereocenters. The monoisotopic (exact) mass is 354 g/mol. The quantitative estimate of drug-likeness (QED) is 0.696. The zero-order chi connectivity index (χ0) is 18.8. The summed E-state index contributed by atoms with van der Waals surface area (Å²) < 4.78 is 6.52. The molecule has 3 aromatic rings. The van der Waals surface area contributed by atoms with Gasteiger partial charge in [0.05, 0.1) is 10.9 Å². The average Bonchev–Trinajstić information content (AvgIpc) is 2.98. The Morgan fingerprint density at radius 1 is 1.12 bits per heavy atom. The first-order valence-corrected chi connectivity index (χ1v) is 8.10. The van der Waals surface area contributed by atoms with E-state index in [1.54, 1.807) is 51.1 Å². The summed E-state index contributed by atoms with van der Waals surface area (Å²) in [6.45, 7) is 5.47. The van der Waals surface area contributed by atoms with Gasteiger partial charge in [0.15, 0.2) is 5.69 Å². The lowest BCUT2D eigenvalue weighted by Gasteiger charge is -2.10. The zero-order valence-electron chi connectivity index (χ0n) is 14.6. The summed E-state index contributed by atoms with van der Waals surface area (Å²) >= 11 is 0. The first kappa shape index (κ1) is 17.4. The van der Waals surface area contributed by atoms with Crippen LogP contribution in [0.5, 0.6) is 0 Å². The Morgan fingerprint density at radius 2 is 1.77 bits per heavy atom. The number of carbonyl (C=O) groups excluding carboxylic acids is 2. The predicted octanol–water partition coefficient (Wildman–Crippen LogP) is 1.70. The van der Waals surface area contributed by atoms with E-state index in [1.807, 2.05) is 0 Å². The molecule has 0 aliphatic rings. The SMILES string of the molecule is CCn1nc(C(=O)NNC(=O)c2cc(C)oc2C)c2ccccc2c1=O. The van der Waals surface area contributed by atoms with Gasteiger partial charge in [0, 0.05) is 11.9 Å². The van der Waals surface area contributed by atoms with Gasteiger partial charge in [-0.3, -0.25) is 25.2 Å². The largest absolute Gasteiger partial charge is 0.466 e. The number of nitrogens with zero attached hydrogens (tertiary/aromatic N) is 2. The highest BCUT2D eigenvalue weighted by atomic mass is 16.3. The molecule has 2 aromatic heterocycles. The van der Waals surface area contributed by atoms with Crippen LogP contribution in [0.25, 0.3) is 10.8 Å². The van der Waals surface area contributed by atoms with Gasteiger partial charge in [0.25, 0.3) is 17.4 Å². The second-order valence-electron chi connectivity index (χ2n) is 5.75. The molecule has 2 heterocycles. The maximum absolute atomic E-state index is 12.5. The van der Waals surface area contributed by atoms with Crippen LogP contribution in [-0.2, 0) is 6.54 Å². The number of hydrazine groups is 1. The van der Waals surface area contributed by atoms with Gasteiger partial charge in [0.1, 0.15) is 11.5 Å². The second kappa shape index (κ2) is 6.83. The number of carbonyl (C=O) groups is 2. The van der Waals surface area contributed by atoms with Crippen LogP contribution in [0.1, 0.15) is 39.3 Å². The van der Waals surface area contributed by atoms with Crippen LogP contribution in [0, 0.1) is 13.8 Å². The smallest absolute Gasteiger partial charge is 0.290 e. The number of hydrogen-bond donors (Lipinski definition) is 2. The minimum atomic E-state index is -0.616. The fourth-order valence-corrected chi connectivity index (χ4v) is 2.71. The summed E-state index contributed by atoms with van der Waals surface area (Å²) in [6.07, 6.45) is 0. The molecule has 8 nitrogen and oxygen atoms in total. The van der Waals surface area contributed by atoms with E-state index in [2.05, 4.69) is 16.0 Å². The number of benzene rings is 1. The van der Waals surface area contributed by atoms with Gasteiger partial charge in [-0.15, -0.1) is 0 Å². The molecule has 26 heavy (non-hydrogen) atoms. The lowest BCUT2D eigenvalue weighted by atomic mass is 10.1. The van der Waals surface area contributed by atoms with Crippen molar-refractivity contribution in [1.82, 2.24) is 20.6 Å². The molecular formula is C18H18N4O4. The van der Waals surface area contributed by atoms with E-state index in [4.69, 9.17) is 4.42 Å².